The number of hydrogen-bond donors (Lipinski definition) is 1. The lowest BCUT2D eigenvalue weighted by Crippen LogP contribution is -2.26. The quantitative estimate of drug-likeness (QED) is 0.912. The Labute approximate surface area is 126 Å². The predicted octanol–water partition coefficient (Wildman–Crippen LogP) is 3.51. The molecule has 3 heteroatoms. The van der Waals surface area contributed by atoms with E-state index in [0.717, 1.165) is 18.7 Å². The van der Waals surface area contributed by atoms with E-state index in [1.54, 1.807) is 7.11 Å². The predicted molar refractivity (Wildman–Crippen MR) is 85.8 cm³/mol. The fourth-order valence-electron chi connectivity index (χ4n) is 3.11. The molecule has 2 aromatic rings. The van der Waals surface area contributed by atoms with Gasteiger partial charge in [0.25, 0.3) is 0 Å². The van der Waals surface area contributed by atoms with Crippen LogP contribution in [0.1, 0.15) is 24.8 Å². The average molecular weight is 285 g/mol. The zero-order chi connectivity index (χ0) is 14.7. The fraction of sp³-hybridized carbons (Fsp3) is 0.444. The van der Waals surface area contributed by atoms with Gasteiger partial charge in [0.15, 0.2) is 0 Å². The van der Waals surface area contributed by atoms with Crippen molar-refractivity contribution < 1.29 is 9.47 Å². The summed E-state index contributed by atoms with van der Waals surface area (Å²) in [5.41, 5.74) is 1.33. The van der Waals surface area contributed by atoms with Gasteiger partial charge < -0.3 is 14.8 Å². The zero-order valence-corrected chi connectivity index (χ0v) is 12.8. The summed E-state index contributed by atoms with van der Waals surface area (Å²) in [5, 5.41) is 6.13. The third kappa shape index (κ3) is 3.36. The monoisotopic (exact) mass is 285 g/mol. The SMILES string of the molecule is COc1ccc2cc(CNC3CCC(OC)C3)ccc2c1. The van der Waals surface area contributed by atoms with Crippen LogP contribution in [0.4, 0.5) is 0 Å². The fourth-order valence-corrected chi connectivity index (χ4v) is 3.11. The van der Waals surface area contributed by atoms with E-state index in [1.165, 1.54) is 29.2 Å². The Bertz CT molecular complexity index is 611. The van der Waals surface area contributed by atoms with Gasteiger partial charge in [-0.1, -0.05) is 18.2 Å². The van der Waals surface area contributed by atoms with E-state index >= 15 is 0 Å². The van der Waals surface area contributed by atoms with Crippen LogP contribution in [-0.4, -0.2) is 26.4 Å². The molecule has 1 saturated carbocycles. The van der Waals surface area contributed by atoms with E-state index in [2.05, 4.69) is 35.6 Å². The molecule has 3 rings (SSSR count). The molecular formula is C18H23NO2. The lowest BCUT2D eigenvalue weighted by Gasteiger charge is -2.13. The van der Waals surface area contributed by atoms with Crippen LogP contribution in [-0.2, 0) is 11.3 Å². The number of ether oxygens (including phenoxy) is 2. The topological polar surface area (TPSA) is 30.5 Å². The molecule has 0 spiro atoms. The molecule has 0 saturated heterocycles. The molecule has 3 nitrogen and oxygen atoms in total. The lowest BCUT2D eigenvalue weighted by molar-refractivity contribution is 0.107. The molecule has 2 aromatic carbocycles. The van der Waals surface area contributed by atoms with Crippen LogP contribution in [0.15, 0.2) is 36.4 Å². The van der Waals surface area contributed by atoms with Crippen molar-refractivity contribution >= 4 is 10.8 Å². The number of rotatable bonds is 5. The van der Waals surface area contributed by atoms with Gasteiger partial charge in [-0.3, -0.25) is 0 Å². The van der Waals surface area contributed by atoms with Crippen molar-refractivity contribution in [1.82, 2.24) is 5.32 Å². The molecule has 0 bridgehead atoms. The second kappa shape index (κ2) is 6.46. The maximum Gasteiger partial charge on any atom is 0.119 e. The van der Waals surface area contributed by atoms with Crippen LogP contribution in [0.2, 0.25) is 0 Å². The highest BCUT2D eigenvalue weighted by Gasteiger charge is 2.23. The van der Waals surface area contributed by atoms with Crippen LogP contribution in [0, 0.1) is 0 Å². The van der Waals surface area contributed by atoms with Crippen LogP contribution in [0.25, 0.3) is 10.8 Å². The summed E-state index contributed by atoms with van der Waals surface area (Å²) < 4.78 is 10.7. The summed E-state index contributed by atoms with van der Waals surface area (Å²) in [6.45, 7) is 0.920. The molecule has 1 N–H and O–H groups in total. The molecule has 0 radical (unpaired) electrons. The van der Waals surface area contributed by atoms with Crippen molar-refractivity contribution in [3.05, 3.63) is 42.0 Å². The van der Waals surface area contributed by atoms with Gasteiger partial charge in [-0.2, -0.15) is 0 Å². The van der Waals surface area contributed by atoms with Gasteiger partial charge in [0.05, 0.1) is 13.2 Å². The molecule has 0 amide bonds. The van der Waals surface area contributed by atoms with Crippen LogP contribution in [0.3, 0.4) is 0 Å². The number of benzene rings is 2. The minimum absolute atomic E-state index is 0.437. The Hall–Kier alpha value is -1.58. The molecule has 2 unspecified atom stereocenters. The van der Waals surface area contributed by atoms with Gasteiger partial charge in [0.2, 0.25) is 0 Å². The molecule has 0 aliphatic heterocycles. The second-order valence-corrected chi connectivity index (χ2v) is 5.80. The number of nitrogens with one attached hydrogen (secondary N) is 1. The Morgan fingerprint density at radius 1 is 1.05 bits per heavy atom. The Balaban J connectivity index is 1.65. The molecule has 1 aliphatic carbocycles. The summed E-state index contributed by atoms with van der Waals surface area (Å²) in [4.78, 5) is 0. The van der Waals surface area contributed by atoms with Crippen LogP contribution >= 0.6 is 0 Å². The van der Waals surface area contributed by atoms with E-state index in [1.807, 2.05) is 13.2 Å². The summed E-state index contributed by atoms with van der Waals surface area (Å²) in [5.74, 6) is 0.907. The van der Waals surface area contributed by atoms with Crippen molar-refractivity contribution in [2.45, 2.75) is 38.0 Å². The van der Waals surface area contributed by atoms with Crippen molar-refractivity contribution in [1.29, 1.82) is 0 Å². The van der Waals surface area contributed by atoms with E-state index in [4.69, 9.17) is 9.47 Å². The molecule has 1 aliphatic rings. The van der Waals surface area contributed by atoms with Crippen LogP contribution in [0.5, 0.6) is 5.75 Å². The minimum atomic E-state index is 0.437. The molecule has 0 heterocycles. The largest absolute Gasteiger partial charge is 0.497 e. The van der Waals surface area contributed by atoms with E-state index in [-0.39, 0.29) is 0 Å². The first-order chi connectivity index (χ1) is 10.3. The molecule has 2 atom stereocenters. The Kier molecular flexibility index (Phi) is 4.42. The first-order valence-electron chi connectivity index (χ1n) is 7.61. The first-order valence-corrected chi connectivity index (χ1v) is 7.61. The summed E-state index contributed by atoms with van der Waals surface area (Å²) >= 11 is 0. The molecule has 0 aromatic heterocycles. The highest BCUT2D eigenvalue weighted by Crippen LogP contribution is 2.24. The van der Waals surface area contributed by atoms with Crippen molar-refractivity contribution in [3.8, 4) is 5.75 Å². The highest BCUT2D eigenvalue weighted by molar-refractivity contribution is 5.84. The third-order valence-electron chi connectivity index (χ3n) is 4.42. The van der Waals surface area contributed by atoms with Gasteiger partial charge in [-0.25, -0.2) is 0 Å². The first kappa shape index (κ1) is 14.4. The molecule has 1 fully saturated rings. The standard InChI is InChI=1S/C18H23NO2/c1-20-17-7-5-14-9-13(3-4-15(14)10-17)12-19-16-6-8-18(11-16)21-2/h3-5,7,9-10,16,18-19H,6,8,11-12H2,1-2H3. The summed E-state index contributed by atoms with van der Waals surface area (Å²) in [7, 11) is 3.51. The lowest BCUT2D eigenvalue weighted by atomic mass is 10.1. The molecule has 112 valence electrons. The normalized spacial score (nSPS) is 21.8. The van der Waals surface area contributed by atoms with E-state index in [9.17, 15) is 0 Å². The Morgan fingerprint density at radius 3 is 2.62 bits per heavy atom. The van der Waals surface area contributed by atoms with Gasteiger partial charge in [-0.05, 0) is 53.8 Å². The molecular weight excluding hydrogens is 262 g/mol. The van der Waals surface area contributed by atoms with E-state index < -0.39 is 0 Å². The van der Waals surface area contributed by atoms with Gasteiger partial charge in [0.1, 0.15) is 5.75 Å². The van der Waals surface area contributed by atoms with Gasteiger partial charge in [0, 0.05) is 19.7 Å². The highest BCUT2D eigenvalue weighted by atomic mass is 16.5. The van der Waals surface area contributed by atoms with Crippen LogP contribution < -0.4 is 10.1 Å². The Morgan fingerprint density at radius 2 is 1.86 bits per heavy atom. The third-order valence-corrected chi connectivity index (χ3v) is 4.42. The maximum atomic E-state index is 5.42. The van der Waals surface area contributed by atoms with Crippen molar-refractivity contribution in [2.75, 3.05) is 14.2 Å². The maximum absolute atomic E-state index is 5.42. The number of methoxy groups -OCH3 is 2. The van der Waals surface area contributed by atoms with Gasteiger partial charge in [-0.15, -0.1) is 0 Å². The van der Waals surface area contributed by atoms with E-state index in [0.29, 0.717) is 12.1 Å². The zero-order valence-electron chi connectivity index (χ0n) is 12.8. The average Bonchev–Trinajstić information content (AvgIpc) is 3.00. The smallest absolute Gasteiger partial charge is 0.119 e. The minimum Gasteiger partial charge on any atom is -0.497 e. The summed E-state index contributed by atoms with van der Waals surface area (Å²) in [6.07, 6.45) is 3.95. The number of hydrogen-bond acceptors (Lipinski definition) is 3. The van der Waals surface area contributed by atoms with Crippen molar-refractivity contribution in [2.24, 2.45) is 0 Å². The van der Waals surface area contributed by atoms with Crippen molar-refractivity contribution in [3.63, 3.8) is 0 Å². The summed E-state index contributed by atoms with van der Waals surface area (Å²) in [6, 6.07) is 13.4. The second-order valence-electron chi connectivity index (χ2n) is 5.80. The molecule has 21 heavy (non-hydrogen) atoms. The van der Waals surface area contributed by atoms with Gasteiger partial charge >= 0.3 is 0 Å². The number of fused-ring (bicyclic) bond motifs is 1.